The number of aromatic amines is 2. The van der Waals surface area contributed by atoms with E-state index in [9.17, 15) is 9.36 Å². The number of pyridine rings is 1. The third-order valence-corrected chi connectivity index (χ3v) is 2.95. The summed E-state index contributed by atoms with van der Waals surface area (Å²) in [6, 6.07) is 1.59. The maximum atomic E-state index is 11.7. The molecule has 0 aliphatic heterocycles. The highest BCUT2D eigenvalue weighted by molar-refractivity contribution is 7.51. The molecule has 10 heteroatoms. The fourth-order valence-corrected chi connectivity index (χ4v) is 2.07. The third kappa shape index (κ3) is 3.42. The minimum Gasteiger partial charge on any atom is -0.385 e. The zero-order valence-corrected chi connectivity index (χ0v) is 10.8. The standard InChI is InChI=1S/C9H13N4O5P/c10-7-3-6-8(9(14)12-7)13(4-11-6)1-2-18-5-19(15,16)17/h3-4H,1-2,5H2,(H5,10,12,14,15,16,17)/p+1. The van der Waals surface area contributed by atoms with Crippen LogP contribution in [0.3, 0.4) is 0 Å². The van der Waals surface area contributed by atoms with E-state index < -0.39 is 13.9 Å². The summed E-state index contributed by atoms with van der Waals surface area (Å²) in [4.78, 5) is 34.3. The number of fused-ring (bicyclic) bond motifs is 1. The van der Waals surface area contributed by atoms with Crippen LogP contribution in [0.15, 0.2) is 17.2 Å². The second-order valence-electron chi connectivity index (χ2n) is 3.98. The van der Waals surface area contributed by atoms with Gasteiger partial charge in [0.05, 0.1) is 6.61 Å². The molecule has 0 fully saturated rings. The summed E-state index contributed by atoms with van der Waals surface area (Å²) in [6.07, 6.45) is 0.930. The van der Waals surface area contributed by atoms with Crippen molar-refractivity contribution < 1.29 is 23.7 Å². The Morgan fingerprint density at radius 3 is 2.89 bits per heavy atom. The van der Waals surface area contributed by atoms with Crippen LogP contribution in [0.2, 0.25) is 0 Å². The van der Waals surface area contributed by atoms with Crippen LogP contribution in [-0.4, -0.2) is 32.7 Å². The van der Waals surface area contributed by atoms with E-state index in [0.717, 1.165) is 0 Å². The van der Waals surface area contributed by atoms with Crippen molar-refractivity contribution in [2.45, 2.75) is 6.54 Å². The molecular weight excluding hydrogens is 275 g/mol. The number of hydrogen-bond acceptors (Lipinski definition) is 4. The Labute approximate surface area is 107 Å². The fraction of sp³-hybridized carbons (Fsp3) is 0.333. The number of hydrogen-bond donors (Lipinski definition) is 5. The van der Waals surface area contributed by atoms with Crippen LogP contribution in [0.25, 0.3) is 11.0 Å². The number of nitrogens with zero attached hydrogens (tertiary/aromatic N) is 1. The number of nitrogen functional groups attached to an aromatic ring is 1. The highest BCUT2D eigenvalue weighted by Crippen LogP contribution is 2.33. The predicted molar refractivity (Wildman–Crippen MR) is 66.4 cm³/mol. The van der Waals surface area contributed by atoms with Crippen LogP contribution >= 0.6 is 7.60 Å². The molecule has 0 unspecified atom stereocenters. The summed E-state index contributed by atoms with van der Waals surface area (Å²) in [5.41, 5.74) is 6.14. The Balaban J connectivity index is 2.10. The molecular formula is C9H14N4O5P+. The largest absolute Gasteiger partial charge is 0.385 e. The average molecular weight is 289 g/mol. The van der Waals surface area contributed by atoms with Crippen molar-refractivity contribution in [3.63, 3.8) is 0 Å². The highest BCUT2D eigenvalue weighted by Gasteiger charge is 2.16. The van der Waals surface area contributed by atoms with E-state index in [4.69, 9.17) is 20.3 Å². The van der Waals surface area contributed by atoms with Gasteiger partial charge in [0.2, 0.25) is 11.8 Å². The van der Waals surface area contributed by atoms with Crippen molar-refractivity contribution in [1.82, 2.24) is 9.97 Å². The Bertz CT molecular complexity index is 687. The minimum atomic E-state index is -4.16. The second kappa shape index (κ2) is 5.14. The van der Waals surface area contributed by atoms with E-state index in [1.807, 2.05) is 0 Å². The summed E-state index contributed by atoms with van der Waals surface area (Å²) >= 11 is 0. The van der Waals surface area contributed by atoms with Crippen molar-refractivity contribution in [3.05, 3.63) is 22.7 Å². The molecule has 2 aromatic rings. The molecule has 6 N–H and O–H groups in total. The van der Waals surface area contributed by atoms with Gasteiger partial charge in [-0.1, -0.05) is 0 Å². The van der Waals surface area contributed by atoms with E-state index in [1.54, 1.807) is 17.0 Å². The Kier molecular flexibility index (Phi) is 3.72. The van der Waals surface area contributed by atoms with Crippen molar-refractivity contribution in [2.75, 3.05) is 18.7 Å². The first-order valence-electron chi connectivity index (χ1n) is 5.38. The summed E-state index contributed by atoms with van der Waals surface area (Å²) < 4.78 is 17.0. The van der Waals surface area contributed by atoms with Gasteiger partial charge in [0.25, 0.3) is 0 Å². The van der Waals surface area contributed by atoms with Gasteiger partial charge < -0.3 is 25.2 Å². The number of rotatable bonds is 5. The first-order valence-corrected chi connectivity index (χ1v) is 7.18. The lowest BCUT2D eigenvalue weighted by Gasteiger charge is -2.04. The molecule has 0 amide bonds. The van der Waals surface area contributed by atoms with Crippen molar-refractivity contribution in [1.29, 1.82) is 0 Å². The SMILES string of the molecule is Nc1cc2[nH]c[n+](CCOCP(=O)(O)O)c2c(=O)[nH]1. The predicted octanol–water partition coefficient (Wildman–Crippen LogP) is -1.12. The summed E-state index contributed by atoms with van der Waals surface area (Å²) in [5, 5.41) is 0. The van der Waals surface area contributed by atoms with Crippen molar-refractivity contribution in [2.24, 2.45) is 0 Å². The lowest BCUT2D eigenvalue weighted by Crippen LogP contribution is -2.38. The maximum absolute atomic E-state index is 11.7. The number of H-pyrrole nitrogens is 2. The molecule has 9 nitrogen and oxygen atoms in total. The zero-order chi connectivity index (χ0) is 14.0. The van der Waals surface area contributed by atoms with E-state index in [2.05, 4.69) is 9.97 Å². The summed E-state index contributed by atoms with van der Waals surface area (Å²) in [7, 11) is -4.16. The van der Waals surface area contributed by atoms with Gasteiger partial charge in [0.1, 0.15) is 18.7 Å². The summed E-state index contributed by atoms with van der Waals surface area (Å²) in [6.45, 7) is 0.361. The number of aromatic nitrogens is 3. The van der Waals surface area contributed by atoms with Crippen LogP contribution in [-0.2, 0) is 15.8 Å². The summed E-state index contributed by atoms with van der Waals surface area (Å²) in [5.74, 6) is 0.254. The van der Waals surface area contributed by atoms with Gasteiger partial charge in [-0.15, -0.1) is 0 Å². The molecule has 0 spiro atoms. The van der Waals surface area contributed by atoms with Gasteiger partial charge in [-0.3, -0.25) is 9.36 Å². The van der Waals surface area contributed by atoms with Gasteiger partial charge in [0, 0.05) is 6.07 Å². The Morgan fingerprint density at radius 2 is 2.21 bits per heavy atom. The number of nitrogens with one attached hydrogen (secondary N) is 2. The van der Waals surface area contributed by atoms with Gasteiger partial charge in [-0.05, 0) is 0 Å². The van der Waals surface area contributed by atoms with Gasteiger partial charge in [0.15, 0.2) is 5.52 Å². The first kappa shape index (κ1) is 13.8. The molecule has 0 saturated heterocycles. The van der Waals surface area contributed by atoms with E-state index in [0.29, 0.717) is 11.0 Å². The van der Waals surface area contributed by atoms with Crippen LogP contribution in [0.4, 0.5) is 5.82 Å². The topological polar surface area (TPSA) is 145 Å². The smallest absolute Gasteiger partial charge is 0.350 e. The molecule has 0 saturated carbocycles. The Hall–Kier alpha value is -1.67. The molecule has 0 atom stereocenters. The normalized spacial score (nSPS) is 12.1. The molecule has 2 heterocycles. The Morgan fingerprint density at radius 1 is 1.47 bits per heavy atom. The molecule has 0 aliphatic rings. The zero-order valence-electron chi connectivity index (χ0n) is 9.87. The van der Waals surface area contributed by atoms with Gasteiger partial charge >= 0.3 is 13.2 Å². The highest BCUT2D eigenvalue weighted by atomic mass is 31.2. The van der Waals surface area contributed by atoms with Crippen LogP contribution in [0.1, 0.15) is 0 Å². The number of nitrogens with two attached hydrogens (primary N) is 1. The fourth-order valence-electron chi connectivity index (χ4n) is 1.70. The first-order chi connectivity index (χ1) is 8.87. The molecule has 104 valence electrons. The van der Waals surface area contributed by atoms with Crippen LogP contribution < -0.4 is 15.9 Å². The van der Waals surface area contributed by atoms with E-state index in [1.165, 1.54) is 0 Å². The van der Waals surface area contributed by atoms with Gasteiger partial charge in [-0.25, -0.2) is 9.55 Å². The van der Waals surface area contributed by atoms with Crippen LogP contribution in [0.5, 0.6) is 0 Å². The molecule has 0 radical (unpaired) electrons. The van der Waals surface area contributed by atoms with Crippen molar-refractivity contribution in [3.8, 4) is 0 Å². The molecule has 0 aromatic carbocycles. The minimum absolute atomic E-state index is 0.0759. The lowest BCUT2D eigenvalue weighted by atomic mass is 10.4. The molecule has 0 bridgehead atoms. The second-order valence-corrected chi connectivity index (χ2v) is 5.57. The lowest BCUT2D eigenvalue weighted by molar-refractivity contribution is -0.673. The molecule has 0 aliphatic carbocycles. The maximum Gasteiger partial charge on any atom is 0.350 e. The monoisotopic (exact) mass is 289 g/mol. The molecule has 2 rings (SSSR count). The quantitative estimate of drug-likeness (QED) is 0.268. The number of anilines is 1. The van der Waals surface area contributed by atoms with Gasteiger partial charge in [-0.2, -0.15) is 0 Å². The third-order valence-electron chi connectivity index (χ3n) is 2.43. The number of imidazole rings is 1. The molecule has 2 aromatic heterocycles. The molecule has 19 heavy (non-hydrogen) atoms. The van der Waals surface area contributed by atoms with E-state index in [-0.39, 0.29) is 24.5 Å². The van der Waals surface area contributed by atoms with Crippen molar-refractivity contribution >= 4 is 24.4 Å². The average Bonchev–Trinajstić information content (AvgIpc) is 2.66. The van der Waals surface area contributed by atoms with E-state index >= 15 is 0 Å². The number of ether oxygens (including phenoxy) is 1. The van der Waals surface area contributed by atoms with Crippen LogP contribution in [0, 0.1) is 0 Å².